The zero-order valence-electron chi connectivity index (χ0n) is 17.3. The van der Waals surface area contributed by atoms with E-state index in [1.165, 1.54) is 13.8 Å². The minimum absolute atomic E-state index is 0.342. The summed E-state index contributed by atoms with van der Waals surface area (Å²) in [5.41, 5.74) is -5.08. The van der Waals surface area contributed by atoms with E-state index in [2.05, 4.69) is 15.0 Å². The Hall–Kier alpha value is -3.64. The van der Waals surface area contributed by atoms with Crippen LogP contribution >= 0.6 is 0 Å². The number of nitrogens with zero attached hydrogens (tertiary/aromatic N) is 3. The molecule has 1 atom stereocenters. The van der Waals surface area contributed by atoms with Crippen LogP contribution < -0.4 is 5.32 Å². The van der Waals surface area contributed by atoms with Crippen LogP contribution in [0.5, 0.6) is 0 Å². The second-order valence-corrected chi connectivity index (χ2v) is 7.28. The van der Waals surface area contributed by atoms with Crippen LogP contribution in [0.4, 0.5) is 18.0 Å². The van der Waals surface area contributed by atoms with Crippen LogP contribution in [-0.4, -0.2) is 57.0 Å². The summed E-state index contributed by atoms with van der Waals surface area (Å²) in [6.45, 7) is 2.17. The number of methoxy groups -OCH3 is 1. The number of rotatable bonds is 8. The summed E-state index contributed by atoms with van der Waals surface area (Å²) in [5, 5.41) is 17.9. The van der Waals surface area contributed by atoms with Gasteiger partial charge in [-0.25, -0.2) is 19.1 Å². The molecule has 13 heteroatoms. The summed E-state index contributed by atoms with van der Waals surface area (Å²) in [4.78, 5) is 35.8. The molecule has 0 radical (unpaired) electrons. The lowest BCUT2D eigenvalue weighted by atomic mass is 9.92. The van der Waals surface area contributed by atoms with Gasteiger partial charge in [-0.15, -0.1) is 5.10 Å². The maximum Gasteiger partial charge on any atom is 0.422 e. The lowest BCUT2D eigenvalue weighted by molar-refractivity contribution is -0.210. The highest BCUT2D eigenvalue weighted by atomic mass is 19.4. The predicted molar refractivity (Wildman–Crippen MR) is 101 cm³/mol. The molecule has 174 valence electrons. The van der Waals surface area contributed by atoms with E-state index in [1.807, 2.05) is 0 Å². The molecule has 10 nitrogen and oxygen atoms in total. The third-order valence-corrected chi connectivity index (χ3v) is 4.63. The summed E-state index contributed by atoms with van der Waals surface area (Å²) >= 11 is 0. The van der Waals surface area contributed by atoms with E-state index in [1.54, 1.807) is 35.6 Å². The maximum absolute atomic E-state index is 14.1. The van der Waals surface area contributed by atoms with Crippen molar-refractivity contribution in [1.29, 1.82) is 0 Å². The Bertz CT molecular complexity index is 977. The Morgan fingerprint density at radius 2 is 1.78 bits per heavy atom. The molecule has 0 aliphatic rings. The van der Waals surface area contributed by atoms with E-state index in [-0.39, 0.29) is 6.61 Å². The van der Waals surface area contributed by atoms with Crippen LogP contribution in [0.1, 0.15) is 25.1 Å². The van der Waals surface area contributed by atoms with E-state index in [4.69, 9.17) is 4.74 Å². The third-order valence-electron chi connectivity index (χ3n) is 4.63. The fourth-order valence-electron chi connectivity index (χ4n) is 2.58. The highest BCUT2D eigenvalue weighted by molar-refractivity contribution is 5.87. The maximum atomic E-state index is 14.1. The number of alkyl halides is 3. The van der Waals surface area contributed by atoms with Gasteiger partial charge >= 0.3 is 24.2 Å². The monoisotopic (exact) mass is 458 g/mol. The zero-order valence-corrected chi connectivity index (χ0v) is 17.3. The van der Waals surface area contributed by atoms with Crippen molar-refractivity contribution >= 4 is 18.0 Å². The van der Waals surface area contributed by atoms with Crippen molar-refractivity contribution in [2.45, 2.75) is 44.1 Å². The number of hydrogen-bond acceptors (Lipinski definition) is 7. The molecule has 0 spiro atoms. The molecule has 1 heterocycles. The molecule has 0 saturated carbocycles. The first kappa shape index (κ1) is 24.6. The first-order chi connectivity index (χ1) is 14.8. The summed E-state index contributed by atoms with van der Waals surface area (Å²) in [5.74, 6) is -3.12. The van der Waals surface area contributed by atoms with Crippen molar-refractivity contribution in [3.63, 3.8) is 0 Å². The van der Waals surface area contributed by atoms with E-state index < -0.39 is 47.4 Å². The first-order valence-corrected chi connectivity index (χ1v) is 9.12. The van der Waals surface area contributed by atoms with Gasteiger partial charge < -0.3 is 14.6 Å². The average molecular weight is 458 g/mol. The van der Waals surface area contributed by atoms with Crippen LogP contribution in [0, 0.1) is 0 Å². The number of aliphatic carboxylic acids is 1. The van der Waals surface area contributed by atoms with E-state index >= 15 is 0 Å². The number of carbonyl (C=O) groups excluding carboxylic acids is 2. The molecule has 2 aromatic rings. The van der Waals surface area contributed by atoms with Gasteiger partial charge in [-0.2, -0.15) is 13.2 Å². The summed E-state index contributed by atoms with van der Waals surface area (Å²) in [6.07, 6.45) is -7.11. The number of nitrogens with one attached hydrogen (secondary N) is 1. The number of esters is 1. The highest BCUT2D eigenvalue weighted by Gasteiger charge is 2.63. The number of halogens is 3. The van der Waals surface area contributed by atoms with Gasteiger partial charge in [0.15, 0.2) is 5.54 Å². The average Bonchev–Trinajstić information content (AvgIpc) is 3.20. The molecule has 0 fully saturated rings. The lowest BCUT2D eigenvalue weighted by Crippen LogP contribution is -2.65. The molecule has 0 aliphatic heterocycles. The largest absolute Gasteiger partial charge is 0.479 e. The van der Waals surface area contributed by atoms with Gasteiger partial charge in [0.2, 0.25) is 5.54 Å². The summed E-state index contributed by atoms with van der Waals surface area (Å²) < 4.78 is 52.2. The fourth-order valence-corrected chi connectivity index (χ4v) is 2.58. The molecule has 0 aliphatic carbocycles. The Labute approximate surface area is 180 Å². The van der Waals surface area contributed by atoms with Gasteiger partial charge in [0.25, 0.3) is 0 Å². The minimum Gasteiger partial charge on any atom is -0.479 e. The normalized spacial score (nSPS) is 13.7. The van der Waals surface area contributed by atoms with Gasteiger partial charge in [0.05, 0.1) is 12.8 Å². The van der Waals surface area contributed by atoms with Crippen LogP contribution in [0.15, 0.2) is 36.5 Å². The molecule has 1 unspecified atom stereocenters. The molecule has 0 saturated heterocycles. The predicted octanol–water partition coefficient (Wildman–Crippen LogP) is 2.04. The first-order valence-electron chi connectivity index (χ1n) is 9.12. The molecule has 0 bridgehead atoms. The summed E-state index contributed by atoms with van der Waals surface area (Å²) in [7, 11) is 0.726. The van der Waals surface area contributed by atoms with Crippen molar-refractivity contribution < 1.29 is 42.1 Å². The van der Waals surface area contributed by atoms with Crippen molar-refractivity contribution in [3.8, 4) is 0 Å². The van der Waals surface area contributed by atoms with Crippen LogP contribution in [0.25, 0.3) is 0 Å². The second-order valence-electron chi connectivity index (χ2n) is 7.28. The van der Waals surface area contributed by atoms with Gasteiger partial charge in [-0.05, 0) is 19.4 Å². The molecule has 1 aromatic heterocycles. The molecular formula is C19H21F3N4O6. The Kier molecular flexibility index (Phi) is 7.11. The standard InChI is InChI=1S/C19H21F3N4O6/c1-17(2,14(27)28)26-10-13(24-25-26)9-18(15(29)31-3,19(20,21)22)23-16(30)32-11-12-7-5-4-6-8-12/h4-8,10H,9,11H2,1-3H3,(H,23,30)(H,27,28). The van der Waals surface area contributed by atoms with Crippen molar-refractivity contribution in [2.24, 2.45) is 0 Å². The van der Waals surface area contributed by atoms with E-state index in [0.717, 1.165) is 18.0 Å². The molecule has 32 heavy (non-hydrogen) atoms. The number of alkyl carbamates (subject to hydrolysis) is 1. The van der Waals surface area contributed by atoms with Crippen molar-refractivity contribution in [3.05, 3.63) is 47.8 Å². The van der Waals surface area contributed by atoms with Gasteiger partial charge in [0, 0.05) is 12.6 Å². The topological polar surface area (TPSA) is 133 Å². The van der Waals surface area contributed by atoms with Crippen molar-refractivity contribution in [1.82, 2.24) is 20.3 Å². The van der Waals surface area contributed by atoms with Gasteiger partial charge in [-0.3, -0.25) is 5.32 Å². The quantitative estimate of drug-likeness (QED) is 0.575. The second kappa shape index (κ2) is 9.24. The molecule has 1 aromatic carbocycles. The van der Waals surface area contributed by atoms with Crippen molar-refractivity contribution in [2.75, 3.05) is 7.11 Å². The number of ether oxygens (including phenoxy) is 2. The number of amides is 1. The number of carboxylic acid groups (broad SMARTS) is 1. The number of carboxylic acids is 1. The van der Waals surface area contributed by atoms with Crippen LogP contribution in [0.2, 0.25) is 0 Å². The van der Waals surface area contributed by atoms with E-state index in [9.17, 15) is 32.7 Å². The number of hydrogen-bond donors (Lipinski definition) is 2. The molecule has 1 amide bonds. The SMILES string of the molecule is COC(=O)C(Cc1cn(C(C)(C)C(=O)O)nn1)(NC(=O)OCc1ccccc1)C(F)(F)F. The highest BCUT2D eigenvalue weighted by Crippen LogP contribution is 2.35. The van der Waals surface area contributed by atoms with E-state index in [0.29, 0.717) is 5.56 Å². The molecule has 2 N–H and O–H groups in total. The van der Waals surface area contributed by atoms with Crippen LogP contribution in [0.3, 0.4) is 0 Å². The van der Waals surface area contributed by atoms with Gasteiger partial charge in [-0.1, -0.05) is 35.5 Å². The Morgan fingerprint density at radius 3 is 2.31 bits per heavy atom. The smallest absolute Gasteiger partial charge is 0.422 e. The molecular weight excluding hydrogens is 437 g/mol. The van der Waals surface area contributed by atoms with Gasteiger partial charge in [0.1, 0.15) is 6.61 Å². The third kappa shape index (κ3) is 5.15. The minimum atomic E-state index is -5.32. The number of benzene rings is 1. The summed E-state index contributed by atoms with van der Waals surface area (Å²) in [6, 6.07) is 8.18. The number of carbonyl (C=O) groups is 3. The Balaban J connectivity index is 2.33. The Morgan fingerprint density at radius 1 is 1.16 bits per heavy atom. The number of aromatic nitrogens is 3. The lowest BCUT2D eigenvalue weighted by Gasteiger charge is -2.32. The van der Waals surface area contributed by atoms with Crippen LogP contribution in [-0.2, 0) is 37.6 Å². The zero-order chi connectivity index (χ0) is 24.2. The fraction of sp³-hybridized carbons (Fsp3) is 0.421. The molecule has 2 rings (SSSR count).